The van der Waals surface area contributed by atoms with Crippen molar-refractivity contribution >= 4 is 5.91 Å². The molecule has 1 aromatic carbocycles. The minimum atomic E-state index is -0.477. The number of nitrogens with zero attached hydrogens (tertiary/aromatic N) is 2. The standard InChI is InChI=1S/C16H18FN3O/c1-10-6-7-11(13(17)8-10)16(21)19-14-4-3-5-15-12(14)9-18-20(15)2/h6-9,14H,3-5H2,1-2H3,(H,19,21). The van der Waals surface area contributed by atoms with Crippen LogP contribution in [0.15, 0.2) is 24.4 Å². The molecular formula is C16H18FN3O. The third-order valence-electron chi connectivity index (χ3n) is 4.05. The quantitative estimate of drug-likeness (QED) is 0.923. The van der Waals surface area contributed by atoms with Crippen LogP contribution in [0.3, 0.4) is 0 Å². The number of aryl methyl sites for hydroxylation is 2. The average Bonchev–Trinajstić information content (AvgIpc) is 2.81. The maximum Gasteiger partial charge on any atom is 0.254 e. The van der Waals surface area contributed by atoms with Gasteiger partial charge in [-0.3, -0.25) is 9.48 Å². The van der Waals surface area contributed by atoms with Gasteiger partial charge in [0.2, 0.25) is 0 Å². The van der Waals surface area contributed by atoms with Gasteiger partial charge in [-0.25, -0.2) is 4.39 Å². The van der Waals surface area contributed by atoms with E-state index in [1.165, 1.54) is 12.1 Å². The summed E-state index contributed by atoms with van der Waals surface area (Å²) in [7, 11) is 1.91. The van der Waals surface area contributed by atoms with Crippen molar-refractivity contribution in [3.05, 3.63) is 52.6 Å². The van der Waals surface area contributed by atoms with E-state index in [0.717, 1.165) is 36.1 Å². The minimum Gasteiger partial charge on any atom is -0.345 e. The first-order chi connectivity index (χ1) is 10.1. The van der Waals surface area contributed by atoms with Gasteiger partial charge in [-0.1, -0.05) is 6.07 Å². The summed E-state index contributed by atoms with van der Waals surface area (Å²) in [6.07, 6.45) is 4.62. The first kappa shape index (κ1) is 13.8. The largest absolute Gasteiger partial charge is 0.345 e. The van der Waals surface area contributed by atoms with Crippen molar-refractivity contribution < 1.29 is 9.18 Å². The van der Waals surface area contributed by atoms with Gasteiger partial charge in [-0.15, -0.1) is 0 Å². The number of hydrogen-bond donors (Lipinski definition) is 1. The zero-order valence-corrected chi connectivity index (χ0v) is 12.2. The molecule has 0 saturated carbocycles. The highest BCUT2D eigenvalue weighted by molar-refractivity contribution is 5.94. The van der Waals surface area contributed by atoms with Crippen LogP contribution in [0.5, 0.6) is 0 Å². The Kier molecular flexibility index (Phi) is 3.49. The van der Waals surface area contributed by atoms with E-state index in [-0.39, 0.29) is 17.5 Å². The van der Waals surface area contributed by atoms with Crippen molar-refractivity contribution in [3.63, 3.8) is 0 Å². The highest BCUT2D eigenvalue weighted by Crippen LogP contribution is 2.29. The number of aromatic nitrogens is 2. The van der Waals surface area contributed by atoms with Crippen LogP contribution in [0.25, 0.3) is 0 Å². The molecule has 1 amide bonds. The molecular weight excluding hydrogens is 269 g/mol. The van der Waals surface area contributed by atoms with E-state index in [4.69, 9.17) is 0 Å². The van der Waals surface area contributed by atoms with Crippen LogP contribution in [-0.2, 0) is 13.5 Å². The van der Waals surface area contributed by atoms with Gasteiger partial charge in [0, 0.05) is 18.3 Å². The van der Waals surface area contributed by atoms with Crippen LogP contribution in [0.2, 0.25) is 0 Å². The molecule has 3 rings (SSSR count). The normalized spacial score (nSPS) is 17.4. The SMILES string of the molecule is Cc1ccc(C(=O)NC2CCCc3c2cnn3C)c(F)c1. The van der Waals surface area contributed by atoms with Crippen molar-refractivity contribution in [2.24, 2.45) is 7.05 Å². The second-order valence-corrected chi connectivity index (χ2v) is 5.57. The van der Waals surface area contributed by atoms with Crippen LogP contribution in [0, 0.1) is 12.7 Å². The Morgan fingerprint density at radius 3 is 3.05 bits per heavy atom. The van der Waals surface area contributed by atoms with Crippen LogP contribution in [0.1, 0.15) is 46.1 Å². The summed E-state index contributed by atoms with van der Waals surface area (Å²) in [5.41, 5.74) is 3.09. The molecule has 5 heteroatoms. The van der Waals surface area contributed by atoms with E-state index in [0.29, 0.717) is 0 Å². The fraction of sp³-hybridized carbons (Fsp3) is 0.375. The number of nitrogens with one attached hydrogen (secondary N) is 1. The average molecular weight is 287 g/mol. The molecule has 21 heavy (non-hydrogen) atoms. The molecule has 2 aromatic rings. The van der Waals surface area contributed by atoms with Gasteiger partial charge in [0.25, 0.3) is 5.91 Å². The van der Waals surface area contributed by atoms with E-state index in [1.54, 1.807) is 19.2 Å². The van der Waals surface area contributed by atoms with Crippen LogP contribution in [0.4, 0.5) is 4.39 Å². The third kappa shape index (κ3) is 2.55. The van der Waals surface area contributed by atoms with Gasteiger partial charge in [0.1, 0.15) is 5.82 Å². The Morgan fingerprint density at radius 1 is 1.48 bits per heavy atom. The molecule has 1 aromatic heterocycles. The van der Waals surface area contributed by atoms with Crippen LogP contribution >= 0.6 is 0 Å². The maximum atomic E-state index is 13.9. The second kappa shape index (κ2) is 5.31. The lowest BCUT2D eigenvalue weighted by atomic mass is 9.92. The van der Waals surface area contributed by atoms with Crippen LogP contribution in [-0.4, -0.2) is 15.7 Å². The first-order valence-corrected chi connectivity index (χ1v) is 7.14. The van der Waals surface area contributed by atoms with Crippen molar-refractivity contribution in [1.82, 2.24) is 15.1 Å². The van der Waals surface area contributed by atoms with E-state index in [1.807, 2.05) is 11.7 Å². The highest BCUT2D eigenvalue weighted by atomic mass is 19.1. The molecule has 0 spiro atoms. The molecule has 0 saturated heterocycles. The van der Waals surface area contributed by atoms with Crippen molar-refractivity contribution in [2.45, 2.75) is 32.2 Å². The molecule has 1 N–H and O–H groups in total. The zero-order chi connectivity index (χ0) is 15.0. The van der Waals surface area contributed by atoms with Gasteiger partial charge >= 0.3 is 0 Å². The van der Waals surface area contributed by atoms with Crippen molar-refractivity contribution in [3.8, 4) is 0 Å². The minimum absolute atomic E-state index is 0.0874. The monoisotopic (exact) mass is 287 g/mol. The second-order valence-electron chi connectivity index (χ2n) is 5.57. The zero-order valence-electron chi connectivity index (χ0n) is 12.2. The summed E-state index contributed by atoms with van der Waals surface area (Å²) in [6.45, 7) is 1.80. The first-order valence-electron chi connectivity index (χ1n) is 7.14. The van der Waals surface area contributed by atoms with Gasteiger partial charge < -0.3 is 5.32 Å². The third-order valence-corrected chi connectivity index (χ3v) is 4.05. The van der Waals surface area contributed by atoms with Gasteiger partial charge in [0.15, 0.2) is 0 Å². The van der Waals surface area contributed by atoms with Crippen molar-refractivity contribution in [2.75, 3.05) is 0 Å². The predicted molar refractivity (Wildman–Crippen MR) is 77.5 cm³/mol. The molecule has 1 aliphatic rings. The fourth-order valence-electron chi connectivity index (χ4n) is 2.90. The lowest BCUT2D eigenvalue weighted by molar-refractivity contribution is 0.0928. The van der Waals surface area contributed by atoms with Gasteiger partial charge in [-0.2, -0.15) is 5.10 Å². The van der Waals surface area contributed by atoms with E-state index < -0.39 is 5.82 Å². The Labute approximate surface area is 123 Å². The lowest BCUT2D eigenvalue weighted by Gasteiger charge is -2.24. The number of hydrogen-bond acceptors (Lipinski definition) is 2. The molecule has 0 fully saturated rings. The number of amides is 1. The molecule has 1 atom stereocenters. The molecule has 0 aliphatic heterocycles. The Balaban J connectivity index is 1.82. The summed E-state index contributed by atoms with van der Waals surface area (Å²) in [6, 6.07) is 4.57. The molecule has 1 heterocycles. The molecule has 110 valence electrons. The summed E-state index contributed by atoms with van der Waals surface area (Å²) in [4.78, 5) is 12.3. The summed E-state index contributed by atoms with van der Waals surface area (Å²) in [5.74, 6) is -0.844. The summed E-state index contributed by atoms with van der Waals surface area (Å²) in [5, 5.41) is 7.18. The molecule has 1 unspecified atom stereocenters. The molecule has 0 radical (unpaired) electrons. The molecule has 4 nitrogen and oxygen atoms in total. The fourth-order valence-corrected chi connectivity index (χ4v) is 2.90. The number of carbonyl (C=O) groups excluding carboxylic acids is 1. The smallest absolute Gasteiger partial charge is 0.254 e. The van der Waals surface area contributed by atoms with E-state index >= 15 is 0 Å². The number of fused-ring (bicyclic) bond motifs is 1. The number of benzene rings is 1. The molecule has 0 bridgehead atoms. The van der Waals surface area contributed by atoms with Crippen molar-refractivity contribution in [1.29, 1.82) is 0 Å². The Morgan fingerprint density at radius 2 is 2.29 bits per heavy atom. The summed E-state index contributed by atoms with van der Waals surface area (Å²) < 4.78 is 15.7. The number of rotatable bonds is 2. The van der Waals surface area contributed by atoms with Gasteiger partial charge in [0.05, 0.1) is 17.8 Å². The van der Waals surface area contributed by atoms with E-state index in [9.17, 15) is 9.18 Å². The highest BCUT2D eigenvalue weighted by Gasteiger charge is 2.25. The van der Waals surface area contributed by atoms with Crippen LogP contribution < -0.4 is 5.32 Å². The Hall–Kier alpha value is -2.17. The topological polar surface area (TPSA) is 46.9 Å². The number of carbonyl (C=O) groups is 1. The number of halogens is 1. The van der Waals surface area contributed by atoms with E-state index in [2.05, 4.69) is 10.4 Å². The lowest BCUT2D eigenvalue weighted by Crippen LogP contribution is -2.31. The molecule has 1 aliphatic carbocycles. The maximum absolute atomic E-state index is 13.9. The predicted octanol–water partition coefficient (Wildman–Crippen LogP) is 2.68. The van der Waals surface area contributed by atoms with Gasteiger partial charge in [-0.05, 0) is 43.9 Å². The Bertz CT molecular complexity index is 693. The summed E-state index contributed by atoms with van der Waals surface area (Å²) >= 11 is 0.